The highest BCUT2D eigenvalue weighted by Crippen LogP contribution is 2.23. The Kier molecular flexibility index (Phi) is 7.23. The number of allylic oxidation sites excluding steroid dienone is 1. The van der Waals surface area contributed by atoms with Crippen LogP contribution in [0.15, 0.2) is 54.6 Å². The molecule has 0 N–H and O–H groups in total. The highest BCUT2D eigenvalue weighted by Gasteiger charge is 2.15. The SMILES string of the molecule is CC=C(C(=O)OC)c1ccccc1COc1cccc(CN2CCOCC2)c1. The summed E-state index contributed by atoms with van der Waals surface area (Å²) < 4.78 is 16.4. The Morgan fingerprint density at radius 2 is 1.93 bits per heavy atom. The fourth-order valence-corrected chi connectivity index (χ4v) is 3.31. The predicted octanol–water partition coefficient (Wildman–Crippen LogP) is 3.67. The maximum Gasteiger partial charge on any atom is 0.338 e. The van der Waals surface area contributed by atoms with E-state index in [4.69, 9.17) is 14.2 Å². The number of ether oxygens (including phenoxy) is 3. The molecule has 1 aliphatic heterocycles. The number of esters is 1. The summed E-state index contributed by atoms with van der Waals surface area (Å²) in [5.74, 6) is 0.475. The van der Waals surface area contributed by atoms with E-state index in [0.29, 0.717) is 12.2 Å². The monoisotopic (exact) mass is 381 g/mol. The van der Waals surface area contributed by atoms with E-state index in [0.717, 1.165) is 49.7 Å². The number of nitrogens with zero attached hydrogens (tertiary/aromatic N) is 1. The van der Waals surface area contributed by atoms with Gasteiger partial charge in [-0.2, -0.15) is 0 Å². The van der Waals surface area contributed by atoms with Gasteiger partial charge in [0, 0.05) is 19.6 Å². The van der Waals surface area contributed by atoms with Gasteiger partial charge in [0.1, 0.15) is 12.4 Å². The lowest BCUT2D eigenvalue weighted by atomic mass is 10.00. The standard InChI is InChI=1S/C23H27NO4/c1-3-21(23(25)26-2)22-10-5-4-8-19(22)17-28-20-9-6-7-18(15-20)16-24-11-13-27-14-12-24/h3-10,15H,11-14,16-17H2,1-2H3. The maximum atomic E-state index is 12.1. The van der Waals surface area contributed by atoms with Crippen molar-refractivity contribution in [3.05, 3.63) is 71.3 Å². The molecule has 5 nitrogen and oxygen atoms in total. The fraction of sp³-hybridized carbons (Fsp3) is 0.348. The predicted molar refractivity (Wildman–Crippen MR) is 109 cm³/mol. The Bertz CT molecular complexity index is 825. The molecule has 1 heterocycles. The van der Waals surface area contributed by atoms with E-state index < -0.39 is 0 Å². The molecule has 0 radical (unpaired) electrons. The number of morpholine rings is 1. The smallest absolute Gasteiger partial charge is 0.338 e. The van der Waals surface area contributed by atoms with Crippen molar-refractivity contribution >= 4 is 11.5 Å². The zero-order valence-corrected chi connectivity index (χ0v) is 16.5. The van der Waals surface area contributed by atoms with E-state index in [9.17, 15) is 4.79 Å². The van der Waals surface area contributed by atoms with Gasteiger partial charge >= 0.3 is 5.97 Å². The van der Waals surface area contributed by atoms with Crippen LogP contribution in [0.2, 0.25) is 0 Å². The quantitative estimate of drug-likeness (QED) is 0.541. The third kappa shape index (κ3) is 5.21. The van der Waals surface area contributed by atoms with Crippen LogP contribution in [0, 0.1) is 0 Å². The Morgan fingerprint density at radius 1 is 1.14 bits per heavy atom. The first-order chi connectivity index (χ1) is 13.7. The van der Waals surface area contributed by atoms with Crippen molar-refractivity contribution in [2.75, 3.05) is 33.4 Å². The van der Waals surface area contributed by atoms with Crippen molar-refractivity contribution in [1.82, 2.24) is 4.90 Å². The Morgan fingerprint density at radius 3 is 2.68 bits per heavy atom. The van der Waals surface area contributed by atoms with Crippen LogP contribution in [0.3, 0.4) is 0 Å². The summed E-state index contributed by atoms with van der Waals surface area (Å²) in [6.45, 7) is 6.60. The molecule has 0 saturated carbocycles. The molecule has 1 saturated heterocycles. The minimum Gasteiger partial charge on any atom is -0.489 e. The van der Waals surface area contributed by atoms with E-state index in [-0.39, 0.29) is 5.97 Å². The first kappa shape index (κ1) is 20.1. The molecule has 2 aromatic rings. The van der Waals surface area contributed by atoms with Crippen LogP contribution in [0.5, 0.6) is 5.75 Å². The topological polar surface area (TPSA) is 48.0 Å². The molecular formula is C23H27NO4. The van der Waals surface area contributed by atoms with Gasteiger partial charge in [-0.15, -0.1) is 0 Å². The van der Waals surface area contributed by atoms with Crippen molar-refractivity contribution < 1.29 is 19.0 Å². The lowest BCUT2D eigenvalue weighted by Crippen LogP contribution is -2.35. The zero-order chi connectivity index (χ0) is 19.8. The highest BCUT2D eigenvalue weighted by atomic mass is 16.5. The fourth-order valence-electron chi connectivity index (χ4n) is 3.31. The van der Waals surface area contributed by atoms with Gasteiger partial charge in [0.05, 0.1) is 25.9 Å². The molecule has 148 valence electrons. The number of benzene rings is 2. The largest absolute Gasteiger partial charge is 0.489 e. The van der Waals surface area contributed by atoms with Crippen LogP contribution >= 0.6 is 0 Å². The number of methoxy groups -OCH3 is 1. The van der Waals surface area contributed by atoms with Crippen molar-refractivity contribution in [2.24, 2.45) is 0 Å². The number of hydrogen-bond donors (Lipinski definition) is 0. The normalized spacial score (nSPS) is 15.3. The van der Waals surface area contributed by atoms with Gasteiger partial charge in [-0.1, -0.05) is 42.5 Å². The van der Waals surface area contributed by atoms with Crippen LogP contribution in [-0.4, -0.2) is 44.3 Å². The lowest BCUT2D eigenvalue weighted by Gasteiger charge is -2.26. The first-order valence-corrected chi connectivity index (χ1v) is 9.56. The van der Waals surface area contributed by atoms with Gasteiger partial charge in [-0.05, 0) is 35.7 Å². The Balaban J connectivity index is 1.69. The van der Waals surface area contributed by atoms with E-state index in [1.807, 2.05) is 43.3 Å². The molecular weight excluding hydrogens is 354 g/mol. The van der Waals surface area contributed by atoms with Gasteiger partial charge in [0.25, 0.3) is 0 Å². The molecule has 0 amide bonds. The third-order valence-corrected chi connectivity index (χ3v) is 4.80. The number of carbonyl (C=O) groups excluding carboxylic acids is 1. The van der Waals surface area contributed by atoms with Gasteiger partial charge < -0.3 is 14.2 Å². The van der Waals surface area contributed by atoms with Crippen LogP contribution in [0.4, 0.5) is 0 Å². The lowest BCUT2D eigenvalue weighted by molar-refractivity contribution is -0.133. The zero-order valence-electron chi connectivity index (χ0n) is 16.5. The number of rotatable bonds is 7. The first-order valence-electron chi connectivity index (χ1n) is 9.56. The van der Waals surface area contributed by atoms with E-state index in [2.05, 4.69) is 17.0 Å². The molecule has 1 aliphatic rings. The summed E-state index contributed by atoms with van der Waals surface area (Å²) in [6, 6.07) is 15.9. The van der Waals surface area contributed by atoms with Gasteiger partial charge in [0.2, 0.25) is 0 Å². The second kappa shape index (κ2) is 10.1. The van der Waals surface area contributed by atoms with Gasteiger partial charge in [-0.3, -0.25) is 4.90 Å². The molecule has 0 bridgehead atoms. The van der Waals surface area contributed by atoms with E-state index >= 15 is 0 Å². The molecule has 0 atom stereocenters. The van der Waals surface area contributed by atoms with Crippen molar-refractivity contribution in [2.45, 2.75) is 20.1 Å². The molecule has 0 aliphatic carbocycles. The third-order valence-electron chi connectivity index (χ3n) is 4.80. The summed E-state index contributed by atoms with van der Waals surface area (Å²) in [4.78, 5) is 14.4. The minimum absolute atomic E-state index is 0.345. The molecule has 0 unspecified atom stereocenters. The maximum absolute atomic E-state index is 12.1. The van der Waals surface area contributed by atoms with Gasteiger partial charge in [0.15, 0.2) is 0 Å². The van der Waals surface area contributed by atoms with Gasteiger partial charge in [-0.25, -0.2) is 4.79 Å². The highest BCUT2D eigenvalue weighted by molar-refractivity contribution is 6.16. The molecule has 2 aromatic carbocycles. The molecule has 1 fully saturated rings. The molecule has 0 spiro atoms. The Labute approximate surface area is 166 Å². The van der Waals surface area contributed by atoms with E-state index in [1.54, 1.807) is 6.08 Å². The number of hydrogen-bond acceptors (Lipinski definition) is 5. The van der Waals surface area contributed by atoms with Crippen molar-refractivity contribution in [1.29, 1.82) is 0 Å². The molecule has 0 aromatic heterocycles. The second-order valence-electron chi connectivity index (χ2n) is 6.68. The molecule has 3 rings (SSSR count). The Hall–Kier alpha value is -2.63. The molecule has 28 heavy (non-hydrogen) atoms. The summed E-state index contributed by atoms with van der Waals surface area (Å²) in [5, 5.41) is 0. The van der Waals surface area contributed by atoms with Crippen LogP contribution in [-0.2, 0) is 27.4 Å². The van der Waals surface area contributed by atoms with Crippen LogP contribution < -0.4 is 4.74 Å². The van der Waals surface area contributed by atoms with Crippen LogP contribution in [0.1, 0.15) is 23.6 Å². The van der Waals surface area contributed by atoms with Crippen LogP contribution in [0.25, 0.3) is 5.57 Å². The summed E-state index contributed by atoms with van der Waals surface area (Å²) in [5.41, 5.74) is 3.54. The van der Waals surface area contributed by atoms with E-state index in [1.165, 1.54) is 12.7 Å². The average Bonchev–Trinajstić information content (AvgIpc) is 2.74. The second-order valence-corrected chi connectivity index (χ2v) is 6.68. The van der Waals surface area contributed by atoms with Crippen molar-refractivity contribution in [3.8, 4) is 5.75 Å². The number of carbonyl (C=O) groups is 1. The summed E-state index contributed by atoms with van der Waals surface area (Å²) in [7, 11) is 1.39. The molecule has 5 heteroatoms. The van der Waals surface area contributed by atoms with Crippen molar-refractivity contribution in [3.63, 3.8) is 0 Å². The summed E-state index contributed by atoms with van der Waals surface area (Å²) >= 11 is 0. The average molecular weight is 381 g/mol. The minimum atomic E-state index is -0.345. The summed E-state index contributed by atoms with van der Waals surface area (Å²) in [6.07, 6.45) is 1.77.